The Hall–Kier alpha value is -2.44. The predicted octanol–water partition coefficient (Wildman–Crippen LogP) is 1.46. The number of rotatable bonds is 6. The maximum atomic E-state index is 12.0. The van der Waals surface area contributed by atoms with Gasteiger partial charge in [-0.1, -0.05) is 12.1 Å². The van der Waals surface area contributed by atoms with E-state index in [0.717, 1.165) is 0 Å². The van der Waals surface area contributed by atoms with Gasteiger partial charge in [-0.05, 0) is 19.4 Å². The third kappa shape index (κ3) is 4.34. The van der Waals surface area contributed by atoms with Crippen LogP contribution in [0.25, 0.3) is 0 Å². The smallest absolute Gasteiger partial charge is 0.323 e. The number of hydrogen-bond acceptors (Lipinski definition) is 4. The molecule has 1 aromatic rings. The van der Waals surface area contributed by atoms with Crippen LogP contribution >= 0.6 is 0 Å². The molecule has 0 atom stereocenters. The van der Waals surface area contributed by atoms with Gasteiger partial charge in [0, 0.05) is 18.2 Å². The highest BCUT2D eigenvalue weighted by Gasteiger charge is 2.20. The minimum atomic E-state index is -1.07. The van der Waals surface area contributed by atoms with E-state index in [1.54, 1.807) is 13.8 Å². The standard InChI is InChI=1S/C13H16N2O5/c1-9(2)14(8-13(17)18)12(16)7-10-3-5-11(6-4-10)15(19)20/h3-6,9H,7-8H2,1-2H3,(H,17,18). The van der Waals surface area contributed by atoms with Gasteiger partial charge in [-0.25, -0.2) is 0 Å². The molecule has 0 aliphatic rings. The molecule has 0 heterocycles. The highest BCUT2D eigenvalue weighted by atomic mass is 16.6. The van der Waals surface area contributed by atoms with Gasteiger partial charge in [0.15, 0.2) is 0 Å². The lowest BCUT2D eigenvalue weighted by molar-refractivity contribution is -0.384. The van der Waals surface area contributed by atoms with Crippen molar-refractivity contribution in [2.24, 2.45) is 0 Å². The van der Waals surface area contributed by atoms with E-state index in [-0.39, 0.29) is 30.6 Å². The predicted molar refractivity (Wildman–Crippen MR) is 71.3 cm³/mol. The molecule has 0 spiro atoms. The number of carbonyl (C=O) groups is 2. The fourth-order valence-corrected chi connectivity index (χ4v) is 1.72. The summed E-state index contributed by atoms with van der Waals surface area (Å²) in [5.41, 5.74) is 0.559. The Kier molecular flexibility index (Phi) is 5.19. The van der Waals surface area contributed by atoms with E-state index < -0.39 is 10.9 Å². The lowest BCUT2D eigenvalue weighted by atomic mass is 10.1. The van der Waals surface area contributed by atoms with Crippen molar-refractivity contribution >= 4 is 17.6 Å². The van der Waals surface area contributed by atoms with Crippen molar-refractivity contribution < 1.29 is 19.6 Å². The third-order valence-corrected chi connectivity index (χ3v) is 2.75. The van der Waals surface area contributed by atoms with Crippen LogP contribution in [0, 0.1) is 10.1 Å². The van der Waals surface area contributed by atoms with E-state index in [2.05, 4.69) is 0 Å². The summed E-state index contributed by atoms with van der Waals surface area (Å²) in [4.78, 5) is 34.0. The molecule has 0 fully saturated rings. The topological polar surface area (TPSA) is 101 Å². The molecule has 1 rings (SSSR count). The van der Waals surface area contributed by atoms with Crippen molar-refractivity contribution in [3.63, 3.8) is 0 Å². The lowest BCUT2D eigenvalue weighted by Gasteiger charge is -2.24. The molecule has 20 heavy (non-hydrogen) atoms. The summed E-state index contributed by atoms with van der Waals surface area (Å²) in [6, 6.07) is 5.40. The van der Waals surface area contributed by atoms with Crippen LogP contribution in [0.1, 0.15) is 19.4 Å². The first-order chi connectivity index (χ1) is 9.31. The molecule has 0 aromatic heterocycles. The van der Waals surface area contributed by atoms with Crippen LogP contribution < -0.4 is 0 Å². The van der Waals surface area contributed by atoms with Gasteiger partial charge in [0.25, 0.3) is 5.69 Å². The third-order valence-electron chi connectivity index (χ3n) is 2.75. The maximum absolute atomic E-state index is 12.0. The Morgan fingerprint density at radius 3 is 2.25 bits per heavy atom. The fraction of sp³-hybridized carbons (Fsp3) is 0.385. The second-order valence-corrected chi connectivity index (χ2v) is 4.61. The summed E-state index contributed by atoms with van der Waals surface area (Å²) >= 11 is 0. The number of nitro groups is 1. The molecule has 0 unspecified atom stereocenters. The Balaban J connectivity index is 2.77. The average molecular weight is 280 g/mol. The van der Waals surface area contributed by atoms with E-state index in [4.69, 9.17) is 5.11 Å². The number of carbonyl (C=O) groups excluding carboxylic acids is 1. The molecule has 7 nitrogen and oxygen atoms in total. The van der Waals surface area contributed by atoms with Gasteiger partial charge in [0.05, 0.1) is 11.3 Å². The van der Waals surface area contributed by atoms with E-state index >= 15 is 0 Å². The minimum absolute atomic E-state index is 0.0173. The first-order valence-corrected chi connectivity index (χ1v) is 6.06. The number of carboxylic acid groups (broad SMARTS) is 1. The molecule has 1 amide bonds. The van der Waals surface area contributed by atoms with Crippen LogP contribution in [0.5, 0.6) is 0 Å². The number of carboxylic acids is 1. The van der Waals surface area contributed by atoms with Crippen molar-refractivity contribution in [3.8, 4) is 0 Å². The monoisotopic (exact) mass is 280 g/mol. The van der Waals surface area contributed by atoms with Gasteiger partial charge in [-0.15, -0.1) is 0 Å². The molecule has 0 aliphatic carbocycles. The molecule has 0 bridgehead atoms. The molecule has 7 heteroatoms. The highest BCUT2D eigenvalue weighted by molar-refractivity contribution is 5.83. The maximum Gasteiger partial charge on any atom is 0.323 e. The number of benzene rings is 1. The van der Waals surface area contributed by atoms with Crippen molar-refractivity contribution in [3.05, 3.63) is 39.9 Å². The second kappa shape index (κ2) is 6.65. The van der Waals surface area contributed by atoms with E-state index in [1.807, 2.05) is 0 Å². The second-order valence-electron chi connectivity index (χ2n) is 4.61. The molecule has 0 saturated heterocycles. The van der Waals surface area contributed by atoms with Crippen LogP contribution in [-0.4, -0.2) is 39.4 Å². The zero-order valence-electron chi connectivity index (χ0n) is 11.3. The van der Waals surface area contributed by atoms with Gasteiger partial charge < -0.3 is 10.0 Å². The number of non-ortho nitro benzene ring substituents is 1. The van der Waals surface area contributed by atoms with E-state index in [1.165, 1.54) is 29.2 Å². The molecule has 0 radical (unpaired) electrons. The summed E-state index contributed by atoms with van der Waals surface area (Å²) < 4.78 is 0. The summed E-state index contributed by atoms with van der Waals surface area (Å²) in [6.45, 7) is 3.11. The van der Waals surface area contributed by atoms with Crippen LogP contribution in [0.4, 0.5) is 5.69 Å². The molecule has 108 valence electrons. The van der Waals surface area contributed by atoms with Crippen molar-refractivity contribution in [2.75, 3.05) is 6.54 Å². The van der Waals surface area contributed by atoms with Crippen molar-refractivity contribution in [1.82, 2.24) is 4.90 Å². The van der Waals surface area contributed by atoms with E-state index in [0.29, 0.717) is 5.56 Å². The van der Waals surface area contributed by atoms with Crippen LogP contribution in [0.15, 0.2) is 24.3 Å². The zero-order valence-corrected chi connectivity index (χ0v) is 11.3. The molecule has 0 aliphatic heterocycles. The highest BCUT2D eigenvalue weighted by Crippen LogP contribution is 2.13. The first kappa shape index (κ1) is 15.6. The average Bonchev–Trinajstić information content (AvgIpc) is 2.35. The first-order valence-electron chi connectivity index (χ1n) is 6.06. The van der Waals surface area contributed by atoms with Gasteiger partial charge >= 0.3 is 5.97 Å². The number of aliphatic carboxylic acids is 1. The zero-order chi connectivity index (χ0) is 15.3. The fourth-order valence-electron chi connectivity index (χ4n) is 1.72. The van der Waals surface area contributed by atoms with Crippen molar-refractivity contribution in [2.45, 2.75) is 26.3 Å². The molecular formula is C13H16N2O5. The number of nitrogens with zero attached hydrogens (tertiary/aromatic N) is 2. The molecule has 0 saturated carbocycles. The summed E-state index contributed by atoms with van der Waals surface area (Å²) in [7, 11) is 0. The Morgan fingerprint density at radius 2 is 1.85 bits per heavy atom. The number of nitro benzene ring substituents is 1. The Labute approximate surface area is 116 Å². The minimum Gasteiger partial charge on any atom is -0.480 e. The quantitative estimate of drug-likeness (QED) is 0.628. The van der Waals surface area contributed by atoms with Gasteiger partial charge in [0.1, 0.15) is 6.54 Å². The van der Waals surface area contributed by atoms with Gasteiger partial charge in [0.2, 0.25) is 5.91 Å². The normalized spacial score (nSPS) is 10.3. The van der Waals surface area contributed by atoms with Gasteiger partial charge in [-0.2, -0.15) is 0 Å². The largest absolute Gasteiger partial charge is 0.480 e. The number of hydrogen-bond donors (Lipinski definition) is 1. The SMILES string of the molecule is CC(C)N(CC(=O)O)C(=O)Cc1ccc([N+](=O)[O-])cc1. The molecule has 1 N–H and O–H groups in total. The lowest BCUT2D eigenvalue weighted by Crippen LogP contribution is -2.41. The Morgan fingerprint density at radius 1 is 1.30 bits per heavy atom. The van der Waals surface area contributed by atoms with Crippen LogP contribution in [-0.2, 0) is 16.0 Å². The Bertz CT molecular complexity index is 510. The molecule has 1 aromatic carbocycles. The van der Waals surface area contributed by atoms with Crippen LogP contribution in [0.2, 0.25) is 0 Å². The molecular weight excluding hydrogens is 264 g/mol. The van der Waals surface area contributed by atoms with Crippen LogP contribution in [0.3, 0.4) is 0 Å². The summed E-state index contributed by atoms with van der Waals surface area (Å²) in [5.74, 6) is -1.40. The van der Waals surface area contributed by atoms with E-state index in [9.17, 15) is 19.7 Å². The number of amides is 1. The van der Waals surface area contributed by atoms with Gasteiger partial charge in [-0.3, -0.25) is 19.7 Å². The summed E-state index contributed by atoms with van der Waals surface area (Å²) in [6.07, 6.45) is 0.0173. The van der Waals surface area contributed by atoms with Crippen molar-refractivity contribution in [1.29, 1.82) is 0 Å². The summed E-state index contributed by atoms with van der Waals surface area (Å²) in [5, 5.41) is 19.3.